The van der Waals surface area contributed by atoms with Gasteiger partial charge >= 0.3 is 0 Å². The van der Waals surface area contributed by atoms with Gasteiger partial charge in [-0.15, -0.1) is 5.10 Å². The van der Waals surface area contributed by atoms with E-state index in [9.17, 15) is 0 Å². The predicted octanol–water partition coefficient (Wildman–Crippen LogP) is 2.07. The number of imidazole rings is 1. The minimum atomic E-state index is 0.873. The first kappa shape index (κ1) is 16.7. The Balaban J connectivity index is 1.37. The summed E-state index contributed by atoms with van der Waals surface area (Å²) >= 11 is 0. The van der Waals surface area contributed by atoms with Crippen molar-refractivity contribution in [1.29, 1.82) is 0 Å². The molecule has 0 saturated carbocycles. The summed E-state index contributed by atoms with van der Waals surface area (Å²) in [5.74, 6) is 1.94. The van der Waals surface area contributed by atoms with Crippen LogP contribution in [0.2, 0.25) is 0 Å². The monoisotopic (exact) mass is 374 g/mol. The Morgan fingerprint density at radius 2 is 1.71 bits per heavy atom. The summed E-state index contributed by atoms with van der Waals surface area (Å²) in [4.78, 5) is 19.9. The number of rotatable bonds is 3. The maximum absolute atomic E-state index is 4.67. The Morgan fingerprint density at radius 3 is 2.54 bits per heavy atom. The van der Waals surface area contributed by atoms with Crippen molar-refractivity contribution in [3.8, 4) is 0 Å². The molecule has 0 N–H and O–H groups in total. The molecule has 0 spiro atoms. The third kappa shape index (κ3) is 2.87. The molecule has 0 radical (unpaired) electrons. The van der Waals surface area contributed by atoms with E-state index in [1.54, 1.807) is 12.5 Å². The Kier molecular flexibility index (Phi) is 3.96. The highest BCUT2D eigenvalue weighted by Gasteiger charge is 2.19. The number of fused-ring (bicyclic) bond motifs is 2. The second kappa shape index (κ2) is 6.63. The highest BCUT2D eigenvalue weighted by molar-refractivity contribution is 5.91. The van der Waals surface area contributed by atoms with Crippen molar-refractivity contribution in [2.75, 3.05) is 55.0 Å². The third-order valence-corrected chi connectivity index (χ3v) is 5.23. The highest BCUT2D eigenvalue weighted by atomic mass is 15.4. The minimum Gasteiger partial charge on any atom is -0.368 e. The molecule has 1 aliphatic heterocycles. The maximum Gasteiger partial charge on any atom is 0.153 e. The van der Waals surface area contributed by atoms with Crippen LogP contribution in [0.25, 0.3) is 16.6 Å². The minimum absolute atomic E-state index is 0.873. The largest absolute Gasteiger partial charge is 0.368 e. The molecule has 1 aliphatic rings. The van der Waals surface area contributed by atoms with E-state index in [4.69, 9.17) is 0 Å². The molecule has 0 atom stereocenters. The summed E-state index contributed by atoms with van der Waals surface area (Å²) in [6.07, 6.45) is 5.28. The standard InChI is InChI=1S/C20H22N8/c1-25(2)20-16-13-15(3-4-17(16)22-14-23-20)26-9-11-27(12-10-26)19-6-5-18-21-7-8-28(18)24-19/h3-8,13-14H,9-12H2,1-2H3. The molecule has 1 saturated heterocycles. The summed E-state index contributed by atoms with van der Waals surface area (Å²) < 4.78 is 1.83. The Labute approximate surface area is 163 Å². The molecule has 1 fully saturated rings. The Hall–Kier alpha value is -3.42. The van der Waals surface area contributed by atoms with E-state index in [-0.39, 0.29) is 0 Å². The number of nitrogens with zero attached hydrogens (tertiary/aromatic N) is 8. The smallest absolute Gasteiger partial charge is 0.153 e. The van der Waals surface area contributed by atoms with Gasteiger partial charge in [-0.05, 0) is 30.3 Å². The van der Waals surface area contributed by atoms with Gasteiger partial charge in [0.1, 0.15) is 18.0 Å². The zero-order valence-corrected chi connectivity index (χ0v) is 16.0. The molecule has 0 unspecified atom stereocenters. The summed E-state index contributed by atoms with van der Waals surface area (Å²) in [6, 6.07) is 10.5. The molecule has 3 aromatic heterocycles. The van der Waals surface area contributed by atoms with E-state index in [0.717, 1.165) is 54.4 Å². The molecule has 1 aromatic carbocycles. The molecule has 0 amide bonds. The second-order valence-electron chi connectivity index (χ2n) is 7.19. The van der Waals surface area contributed by atoms with Gasteiger partial charge in [0.25, 0.3) is 0 Å². The van der Waals surface area contributed by atoms with E-state index in [1.807, 2.05) is 35.8 Å². The zero-order valence-electron chi connectivity index (χ0n) is 16.0. The van der Waals surface area contributed by atoms with Crippen molar-refractivity contribution in [3.63, 3.8) is 0 Å². The number of benzene rings is 1. The third-order valence-electron chi connectivity index (χ3n) is 5.23. The fraction of sp³-hybridized carbons (Fsp3) is 0.300. The molecule has 8 nitrogen and oxygen atoms in total. The fourth-order valence-corrected chi connectivity index (χ4v) is 3.75. The van der Waals surface area contributed by atoms with Crippen molar-refractivity contribution in [3.05, 3.63) is 49.1 Å². The van der Waals surface area contributed by atoms with Crippen LogP contribution in [0.5, 0.6) is 0 Å². The van der Waals surface area contributed by atoms with Crippen LogP contribution in [0.1, 0.15) is 0 Å². The van der Waals surface area contributed by atoms with Crippen molar-refractivity contribution < 1.29 is 0 Å². The average Bonchev–Trinajstić information content (AvgIpc) is 3.21. The number of anilines is 3. The van der Waals surface area contributed by atoms with E-state index in [1.165, 1.54) is 5.69 Å². The quantitative estimate of drug-likeness (QED) is 0.544. The first-order chi connectivity index (χ1) is 13.7. The molecule has 28 heavy (non-hydrogen) atoms. The van der Waals surface area contributed by atoms with Gasteiger partial charge < -0.3 is 14.7 Å². The van der Waals surface area contributed by atoms with Gasteiger partial charge in [0.15, 0.2) is 5.65 Å². The van der Waals surface area contributed by atoms with E-state index < -0.39 is 0 Å². The molecule has 4 heterocycles. The molecule has 0 bridgehead atoms. The fourth-order valence-electron chi connectivity index (χ4n) is 3.75. The normalized spacial score (nSPS) is 14.8. The Bertz CT molecular complexity index is 1130. The van der Waals surface area contributed by atoms with Crippen LogP contribution in [0, 0.1) is 0 Å². The van der Waals surface area contributed by atoms with E-state index >= 15 is 0 Å². The van der Waals surface area contributed by atoms with Crippen LogP contribution in [0.3, 0.4) is 0 Å². The van der Waals surface area contributed by atoms with Gasteiger partial charge in [-0.1, -0.05) is 0 Å². The molecular formula is C20H22N8. The number of aromatic nitrogens is 5. The number of hydrogen-bond acceptors (Lipinski definition) is 7. The molecular weight excluding hydrogens is 352 g/mol. The lowest BCUT2D eigenvalue weighted by Gasteiger charge is -2.36. The molecule has 142 valence electrons. The predicted molar refractivity (Wildman–Crippen MR) is 111 cm³/mol. The highest BCUT2D eigenvalue weighted by Crippen LogP contribution is 2.27. The summed E-state index contributed by atoms with van der Waals surface area (Å²) in [7, 11) is 4.02. The maximum atomic E-state index is 4.67. The summed E-state index contributed by atoms with van der Waals surface area (Å²) in [5, 5.41) is 5.75. The number of hydrogen-bond donors (Lipinski definition) is 0. The van der Waals surface area contributed by atoms with E-state index in [2.05, 4.69) is 54.1 Å². The first-order valence-electron chi connectivity index (χ1n) is 9.41. The van der Waals surface area contributed by atoms with Crippen molar-refractivity contribution >= 4 is 33.9 Å². The van der Waals surface area contributed by atoms with Crippen LogP contribution in [0.15, 0.2) is 49.1 Å². The van der Waals surface area contributed by atoms with Crippen LogP contribution in [-0.4, -0.2) is 64.8 Å². The van der Waals surface area contributed by atoms with Gasteiger partial charge in [0.2, 0.25) is 0 Å². The van der Waals surface area contributed by atoms with Gasteiger partial charge in [0.05, 0.1) is 5.52 Å². The molecule has 4 aromatic rings. The van der Waals surface area contributed by atoms with Crippen molar-refractivity contribution in [1.82, 2.24) is 24.6 Å². The summed E-state index contributed by atoms with van der Waals surface area (Å²) in [5.41, 5.74) is 3.06. The van der Waals surface area contributed by atoms with Gasteiger partial charge in [0, 0.05) is 63.7 Å². The topological polar surface area (TPSA) is 65.7 Å². The van der Waals surface area contributed by atoms with Crippen LogP contribution < -0.4 is 14.7 Å². The first-order valence-corrected chi connectivity index (χ1v) is 9.41. The van der Waals surface area contributed by atoms with Crippen molar-refractivity contribution in [2.45, 2.75) is 0 Å². The summed E-state index contributed by atoms with van der Waals surface area (Å²) in [6.45, 7) is 3.74. The Morgan fingerprint density at radius 1 is 0.893 bits per heavy atom. The van der Waals surface area contributed by atoms with Gasteiger partial charge in [-0.25, -0.2) is 19.5 Å². The SMILES string of the molecule is CN(C)c1ncnc2ccc(N3CCN(c4ccc5nccn5n4)CC3)cc12. The van der Waals surface area contributed by atoms with Crippen LogP contribution >= 0.6 is 0 Å². The lowest BCUT2D eigenvalue weighted by atomic mass is 10.1. The lowest BCUT2D eigenvalue weighted by molar-refractivity contribution is 0.642. The number of piperazine rings is 1. The van der Waals surface area contributed by atoms with Gasteiger partial charge in [-0.3, -0.25) is 0 Å². The van der Waals surface area contributed by atoms with Crippen LogP contribution in [0.4, 0.5) is 17.3 Å². The average molecular weight is 374 g/mol. The molecule has 5 rings (SSSR count). The molecule has 8 heteroatoms. The zero-order chi connectivity index (χ0) is 19.1. The molecule has 0 aliphatic carbocycles. The second-order valence-corrected chi connectivity index (χ2v) is 7.19. The van der Waals surface area contributed by atoms with Gasteiger partial charge in [-0.2, -0.15) is 0 Å². The van der Waals surface area contributed by atoms with Crippen LogP contribution in [-0.2, 0) is 0 Å². The van der Waals surface area contributed by atoms with E-state index in [0.29, 0.717) is 0 Å². The van der Waals surface area contributed by atoms with Crippen molar-refractivity contribution in [2.24, 2.45) is 0 Å². The lowest BCUT2D eigenvalue weighted by Crippen LogP contribution is -2.47.